The third-order valence-electron chi connectivity index (χ3n) is 1.39. The summed E-state index contributed by atoms with van der Waals surface area (Å²) >= 11 is 0. The van der Waals surface area contributed by atoms with Crippen LogP contribution < -0.4 is 10.1 Å². The van der Waals surface area contributed by atoms with E-state index in [0.717, 1.165) is 11.4 Å². The van der Waals surface area contributed by atoms with Crippen molar-refractivity contribution in [1.29, 1.82) is 0 Å². The Labute approximate surface area is 104 Å². The van der Waals surface area contributed by atoms with Crippen LogP contribution in [0.3, 0.4) is 0 Å². The average Bonchev–Trinajstić information content (AvgIpc) is 2.14. The van der Waals surface area contributed by atoms with E-state index in [9.17, 15) is 4.79 Å². The largest absolute Gasteiger partial charge is 0.497 e. The standard InChI is InChI=1S/C9H11NO2.ClHO3S/c1-7(11)10-8-4-3-5-9(6-8)12-2;1-5(2,3)4/h3-6H,1-2H3,(H,10,11);(H,2,3,4). The number of methoxy groups -OCH3 is 1. The van der Waals surface area contributed by atoms with Crippen molar-refractivity contribution < 1.29 is 22.5 Å². The Kier molecular flexibility index (Phi) is 6.55. The molecule has 17 heavy (non-hydrogen) atoms. The van der Waals surface area contributed by atoms with Crippen molar-refractivity contribution in [1.82, 2.24) is 0 Å². The maximum Gasteiger partial charge on any atom is 0.353 e. The highest BCUT2D eigenvalue weighted by Gasteiger charge is 1.95. The number of nitrogens with one attached hydrogen (secondary N) is 1. The molecule has 0 aliphatic heterocycles. The fourth-order valence-corrected chi connectivity index (χ4v) is 0.904. The first kappa shape index (κ1) is 15.7. The summed E-state index contributed by atoms with van der Waals surface area (Å²) in [5.74, 6) is 0.657. The van der Waals surface area contributed by atoms with Crippen LogP contribution in [-0.2, 0) is 14.1 Å². The molecule has 0 aliphatic carbocycles. The highest BCUT2D eigenvalue weighted by atomic mass is 35.7. The number of amides is 1. The van der Waals surface area contributed by atoms with Gasteiger partial charge in [0.1, 0.15) is 5.75 Å². The number of hydrogen-bond acceptors (Lipinski definition) is 4. The molecule has 0 heterocycles. The normalized spacial score (nSPS) is 9.88. The minimum absolute atomic E-state index is 0.0803. The molecule has 6 nitrogen and oxygen atoms in total. The molecular formula is C9H12ClNO5S. The second-order valence-electron chi connectivity index (χ2n) is 2.83. The average molecular weight is 282 g/mol. The number of hydrogen-bond donors (Lipinski definition) is 2. The second kappa shape index (κ2) is 7.10. The number of ether oxygens (including phenoxy) is 1. The van der Waals surface area contributed by atoms with E-state index in [1.165, 1.54) is 6.92 Å². The van der Waals surface area contributed by atoms with Gasteiger partial charge in [-0.1, -0.05) is 6.07 Å². The topological polar surface area (TPSA) is 92.7 Å². The lowest BCUT2D eigenvalue weighted by Crippen LogP contribution is -2.05. The number of carbonyl (C=O) groups is 1. The van der Waals surface area contributed by atoms with E-state index in [4.69, 9.17) is 17.7 Å². The van der Waals surface area contributed by atoms with Gasteiger partial charge in [0.05, 0.1) is 7.11 Å². The van der Waals surface area contributed by atoms with Gasteiger partial charge in [0.25, 0.3) is 0 Å². The molecule has 8 heteroatoms. The van der Waals surface area contributed by atoms with Crippen LogP contribution in [0.4, 0.5) is 5.69 Å². The Hall–Kier alpha value is -1.31. The fourth-order valence-electron chi connectivity index (χ4n) is 0.904. The highest BCUT2D eigenvalue weighted by molar-refractivity contribution is 8.09. The third kappa shape index (κ3) is 11.0. The number of anilines is 1. The molecule has 0 fully saturated rings. The molecule has 1 rings (SSSR count). The Balaban J connectivity index is 0.000000437. The molecule has 0 unspecified atom stereocenters. The maximum atomic E-state index is 10.7. The van der Waals surface area contributed by atoms with Gasteiger partial charge in [-0.2, -0.15) is 8.42 Å². The summed E-state index contributed by atoms with van der Waals surface area (Å²) in [6.07, 6.45) is 0. The molecule has 1 aromatic rings. The fraction of sp³-hybridized carbons (Fsp3) is 0.222. The van der Waals surface area contributed by atoms with E-state index in [2.05, 4.69) is 16.0 Å². The lowest BCUT2D eigenvalue weighted by Gasteiger charge is -2.03. The van der Waals surface area contributed by atoms with E-state index in [1.54, 1.807) is 13.2 Å². The van der Waals surface area contributed by atoms with Crippen LogP contribution >= 0.6 is 10.7 Å². The van der Waals surface area contributed by atoms with Crippen molar-refractivity contribution in [3.05, 3.63) is 24.3 Å². The lowest BCUT2D eigenvalue weighted by molar-refractivity contribution is -0.114. The molecule has 0 aliphatic rings. The van der Waals surface area contributed by atoms with Crippen LogP contribution in [0, 0.1) is 0 Å². The van der Waals surface area contributed by atoms with Crippen molar-refractivity contribution in [3.8, 4) is 5.75 Å². The summed E-state index contributed by atoms with van der Waals surface area (Å²) in [5.41, 5.74) is 0.752. The number of rotatable bonds is 2. The van der Waals surface area contributed by atoms with Gasteiger partial charge in [0.15, 0.2) is 0 Å². The number of benzene rings is 1. The van der Waals surface area contributed by atoms with Gasteiger partial charge in [-0.25, -0.2) is 0 Å². The summed E-state index contributed by atoms with van der Waals surface area (Å²) in [4.78, 5) is 10.7. The SMILES string of the molecule is COc1cccc(NC(C)=O)c1.O=S(=O)(O)Cl. The lowest BCUT2D eigenvalue weighted by atomic mass is 10.3. The van der Waals surface area contributed by atoms with Crippen LogP contribution in [0.25, 0.3) is 0 Å². The van der Waals surface area contributed by atoms with Gasteiger partial charge >= 0.3 is 9.33 Å². The maximum absolute atomic E-state index is 10.7. The minimum Gasteiger partial charge on any atom is -0.497 e. The van der Waals surface area contributed by atoms with E-state index in [1.807, 2.05) is 18.2 Å². The molecule has 96 valence electrons. The van der Waals surface area contributed by atoms with Gasteiger partial charge in [-0.05, 0) is 12.1 Å². The second-order valence-corrected chi connectivity index (χ2v) is 4.82. The van der Waals surface area contributed by atoms with E-state index in [0.29, 0.717) is 0 Å². The number of halogens is 1. The van der Waals surface area contributed by atoms with Crippen molar-refractivity contribution in [3.63, 3.8) is 0 Å². The zero-order valence-corrected chi connectivity index (χ0v) is 10.7. The first-order chi connectivity index (χ1) is 7.72. The van der Waals surface area contributed by atoms with Crippen molar-refractivity contribution in [2.45, 2.75) is 6.92 Å². The first-order valence-electron chi connectivity index (χ1n) is 4.31. The van der Waals surface area contributed by atoms with Gasteiger partial charge in [-0.15, -0.1) is 0 Å². The summed E-state index contributed by atoms with van der Waals surface area (Å²) in [6, 6.07) is 7.22. The monoisotopic (exact) mass is 281 g/mol. The highest BCUT2D eigenvalue weighted by Crippen LogP contribution is 2.16. The van der Waals surface area contributed by atoms with Crippen molar-refractivity contribution in [2.75, 3.05) is 12.4 Å². The molecule has 0 bridgehead atoms. The van der Waals surface area contributed by atoms with Crippen molar-refractivity contribution >= 4 is 31.6 Å². The molecule has 0 aromatic heterocycles. The van der Waals surface area contributed by atoms with E-state index < -0.39 is 9.33 Å². The minimum atomic E-state index is -4.19. The first-order valence-corrected chi connectivity index (χ1v) is 6.57. The quantitative estimate of drug-likeness (QED) is 0.635. The zero-order valence-electron chi connectivity index (χ0n) is 9.18. The molecular weight excluding hydrogens is 270 g/mol. The van der Waals surface area contributed by atoms with Crippen molar-refractivity contribution in [2.24, 2.45) is 0 Å². The van der Waals surface area contributed by atoms with Gasteiger partial charge in [-0.3, -0.25) is 9.35 Å². The van der Waals surface area contributed by atoms with Crippen LogP contribution in [0.5, 0.6) is 5.75 Å². The predicted molar refractivity (Wildman–Crippen MR) is 64.7 cm³/mol. The summed E-state index contributed by atoms with van der Waals surface area (Å²) in [5, 5.41) is 2.66. The third-order valence-corrected chi connectivity index (χ3v) is 1.39. The Morgan fingerprint density at radius 2 is 2.00 bits per heavy atom. The Bertz CT molecular complexity index is 466. The zero-order chi connectivity index (χ0) is 13.5. The molecule has 0 spiro atoms. The van der Waals surface area contributed by atoms with Gasteiger partial charge in [0.2, 0.25) is 5.91 Å². The molecule has 0 radical (unpaired) electrons. The van der Waals surface area contributed by atoms with E-state index >= 15 is 0 Å². The number of carbonyl (C=O) groups excluding carboxylic acids is 1. The molecule has 1 aromatic carbocycles. The summed E-state index contributed by atoms with van der Waals surface area (Å²) < 4.78 is 30.1. The molecule has 0 saturated heterocycles. The van der Waals surface area contributed by atoms with Crippen LogP contribution in [0.15, 0.2) is 24.3 Å². The Morgan fingerprint density at radius 1 is 1.47 bits per heavy atom. The summed E-state index contributed by atoms with van der Waals surface area (Å²) in [7, 11) is 1.45. The molecule has 1 amide bonds. The van der Waals surface area contributed by atoms with Crippen LogP contribution in [0.1, 0.15) is 6.92 Å². The van der Waals surface area contributed by atoms with Gasteiger partial charge in [0, 0.05) is 29.4 Å². The molecule has 2 N–H and O–H groups in total. The van der Waals surface area contributed by atoms with Gasteiger partial charge < -0.3 is 10.1 Å². The smallest absolute Gasteiger partial charge is 0.353 e. The summed E-state index contributed by atoms with van der Waals surface area (Å²) in [6.45, 7) is 1.47. The van der Waals surface area contributed by atoms with Crippen LogP contribution in [0.2, 0.25) is 0 Å². The molecule has 0 atom stereocenters. The van der Waals surface area contributed by atoms with E-state index in [-0.39, 0.29) is 5.91 Å². The molecule has 0 saturated carbocycles. The van der Waals surface area contributed by atoms with Crippen LogP contribution in [-0.4, -0.2) is 26.0 Å². The Morgan fingerprint density at radius 3 is 2.41 bits per heavy atom. The predicted octanol–water partition coefficient (Wildman–Crippen LogP) is 1.68.